The molecule has 3 rings (SSSR count). The predicted molar refractivity (Wildman–Crippen MR) is 96.5 cm³/mol. The van der Waals surface area contributed by atoms with E-state index in [1.165, 1.54) is 0 Å². The van der Waals surface area contributed by atoms with Crippen LogP contribution < -0.4 is 5.73 Å². The lowest BCUT2D eigenvalue weighted by atomic mass is 9.70. The average molecular weight is 319 g/mol. The molecule has 0 heterocycles. The Morgan fingerprint density at radius 1 is 1.08 bits per heavy atom. The summed E-state index contributed by atoms with van der Waals surface area (Å²) in [6, 6.07) is 19.3. The van der Waals surface area contributed by atoms with Crippen LogP contribution in [0.15, 0.2) is 78.9 Å². The average Bonchev–Trinajstić information content (AvgIpc) is 2.63. The van der Waals surface area contributed by atoms with E-state index in [2.05, 4.69) is 30.4 Å². The summed E-state index contributed by atoms with van der Waals surface area (Å²) in [5.74, 6) is -0.962. The maximum Gasteiger partial charge on any atom is 0.320 e. The van der Waals surface area contributed by atoms with E-state index >= 15 is 0 Å². The summed E-state index contributed by atoms with van der Waals surface area (Å²) < 4.78 is 0. The molecule has 0 bridgehead atoms. The van der Waals surface area contributed by atoms with Crippen LogP contribution in [0.1, 0.15) is 24.0 Å². The van der Waals surface area contributed by atoms with Crippen molar-refractivity contribution in [3.8, 4) is 0 Å². The number of rotatable bonds is 5. The van der Waals surface area contributed by atoms with Crippen molar-refractivity contribution in [2.24, 2.45) is 5.73 Å². The number of hydrogen-bond acceptors (Lipinski definition) is 2. The molecule has 2 atom stereocenters. The summed E-state index contributed by atoms with van der Waals surface area (Å²) in [6.45, 7) is 0. The molecule has 0 saturated carbocycles. The van der Waals surface area contributed by atoms with Gasteiger partial charge in [-0.25, -0.2) is 0 Å². The molecule has 0 saturated heterocycles. The second kappa shape index (κ2) is 6.85. The second-order valence-corrected chi connectivity index (χ2v) is 6.23. The fourth-order valence-corrected chi connectivity index (χ4v) is 3.26. The van der Waals surface area contributed by atoms with Gasteiger partial charge in [-0.2, -0.15) is 0 Å². The summed E-state index contributed by atoms with van der Waals surface area (Å²) in [5.41, 5.74) is 8.91. The standard InChI is InChI=1S/C21H21NO2/c22-19(20(23)24)15-21(18-9-5-2-6-10-18)13-11-17(12-14-21)16-7-3-1-4-8-16/h1-13,19H,14-15,22H2,(H,23,24)/t19-,21?/m0/s1. The minimum absolute atomic E-state index is 0.376. The van der Waals surface area contributed by atoms with Crippen molar-refractivity contribution in [2.75, 3.05) is 0 Å². The SMILES string of the molecule is N[C@@H](CC1(c2ccccc2)C=CC(c2ccccc2)=CC1)C(=O)O. The number of carbonyl (C=O) groups is 1. The second-order valence-electron chi connectivity index (χ2n) is 6.23. The van der Waals surface area contributed by atoms with Gasteiger partial charge in [-0.1, -0.05) is 78.9 Å². The maximum absolute atomic E-state index is 11.3. The van der Waals surface area contributed by atoms with Gasteiger partial charge in [0.25, 0.3) is 0 Å². The van der Waals surface area contributed by atoms with Crippen molar-refractivity contribution < 1.29 is 9.90 Å². The third-order valence-corrected chi connectivity index (χ3v) is 4.63. The molecule has 122 valence electrons. The Kier molecular flexibility index (Phi) is 4.63. The molecule has 1 unspecified atom stereocenters. The summed E-state index contributed by atoms with van der Waals surface area (Å²) in [6.07, 6.45) is 7.49. The molecule has 0 radical (unpaired) electrons. The minimum Gasteiger partial charge on any atom is -0.480 e. The number of nitrogens with two attached hydrogens (primary N) is 1. The largest absolute Gasteiger partial charge is 0.480 e. The van der Waals surface area contributed by atoms with Gasteiger partial charge in [-0.3, -0.25) is 4.79 Å². The third-order valence-electron chi connectivity index (χ3n) is 4.63. The minimum atomic E-state index is -0.962. The van der Waals surface area contributed by atoms with Crippen molar-refractivity contribution in [1.29, 1.82) is 0 Å². The quantitative estimate of drug-likeness (QED) is 0.882. The first-order valence-corrected chi connectivity index (χ1v) is 8.09. The Hall–Kier alpha value is -2.65. The van der Waals surface area contributed by atoms with Gasteiger partial charge in [0.05, 0.1) is 0 Å². The van der Waals surface area contributed by atoms with Crippen LogP contribution in [0.5, 0.6) is 0 Å². The van der Waals surface area contributed by atoms with Crippen LogP contribution in [-0.2, 0) is 10.2 Å². The smallest absolute Gasteiger partial charge is 0.320 e. The molecule has 3 heteroatoms. The Morgan fingerprint density at radius 3 is 2.25 bits per heavy atom. The molecular weight excluding hydrogens is 298 g/mol. The predicted octanol–water partition coefficient (Wildman–Crippen LogP) is 3.77. The van der Waals surface area contributed by atoms with Gasteiger partial charge in [-0.15, -0.1) is 0 Å². The van der Waals surface area contributed by atoms with Gasteiger partial charge in [-0.05, 0) is 29.5 Å². The third kappa shape index (κ3) is 3.31. The molecule has 2 aromatic carbocycles. The Morgan fingerprint density at radius 2 is 1.71 bits per heavy atom. The van der Waals surface area contributed by atoms with E-state index in [1.807, 2.05) is 48.5 Å². The molecule has 0 aliphatic heterocycles. The van der Waals surface area contributed by atoms with E-state index in [0.29, 0.717) is 6.42 Å². The molecule has 1 aliphatic rings. The van der Waals surface area contributed by atoms with E-state index in [-0.39, 0.29) is 5.41 Å². The number of benzene rings is 2. The van der Waals surface area contributed by atoms with Crippen molar-refractivity contribution in [3.63, 3.8) is 0 Å². The number of allylic oxidation sites excluding steroid dienone is 4. The first-order chi connectivity index (χ1) is 11.6. The van der Waals surface area contributed by atoms with Crippen LogP contribution in [0.3, 0.4) is 0 Å². The molecule has 24 heavy (non-hydrogen) atoms. The highest BCUT2D eigenvalue weighted by Crippen LogP contribution is 2.39. The number of carboxylic acids is 1. The van der Waals surface area contributed by atoms with Crippen LogP contribution in [0, 0.1) is 0 Å². The van der Waals surface area contributed by atoms with Crippen molar-refractivity contribution in [2.45, 2.75) is 24.3 Å². The summed E-state index contributed by atoms with van der Waals surface area (Å²) in [4.78, 5) is 11.3. The van der Waals surface area contributed by atoms with Crippen LogP contribution in [0.4, 0.5) is 0 Å². The normalized spacial score (nSPS) is 21.1. The van der Waals surface area contributed by atoms with Crippen molar-refractivity contribution >= 4 is 11.5 Å². The topological polar surface area (TPSA) is 63.3 Å². The number of aliphatic carboxylic acids is 1. The number of hydrogen-bond donors (Lipinski definition) is 2. The zero-order chi connectivity index (χ0) is 17.0. The first kappa shape index (κ1) is 16.2. The van der Waals surface area contributed by atoms with Crippen LogP contribution >= 0.6 is 0 Å². The summed E-state index contributed by atoms with van der Waals surface area (Å²) in [7, 11) is 0. The fraction of sp³-hybridized carbons (Fsp3) is 0.190. The van der Waals surface area contributed by atoms with Gasteiger partial charge in [0.15, 0.2) is 0 Å². The van der Waals surface area contributed by atoms with E-state index in [0.717, 1.165) is 23.1 Å². The Labute approximate surface area is 142 Å². The van der Waals surface area contributed by atoms with E-state index in [9.17, 15) is 9.90 Å². The summed E-state index contributed by atoms with van der Waals surface area (Å²) in [5, 5.41) is 9.24. The fourth-order valence-electron chi connectivity index (χ4n) is 3.26. The monoisotopic (exact) mass is 319 g/mol. The van der Waals surface area contributed by atoms with E-state index < -0.39 is 12.0 Å². The highest BCUT2D eigenvalue weighted by atomic mass is 16.4. The molecule has 3 nitrogen and oxygen atoms in total. The van der Waals surface area contributed by atoms with Gasteiger partial charge in [0, 0.05) is 5.41 Å². The molecule has 0 amide bonds. The summed E-state index contributed by atoms with van der Waals surface area (Å²) >= 11 is 0. The van der Waals surface area contributed by atoms with Crippen LogP contribution in [-0.4, -0.2) is 17.1 Å². The van der Waals surface area contributed by atoms with Crippen LogP contribution in [0.25, 0.3) is 5.57 Å². The van der Waals surface area contributed by atoms with Gasteiger partial charge >= 0.3 is 5.97 Å². The maximum atomic E-state index is 11.3. The first-order valence-electron chi connectivity index (χ1n) is 8.09. The van der Waals surface area contributed by atoms with Gasteiger partial charge < -0.3 is 10.8 Å². The Balaban J connectivity index is 1.93. The highest BCUT2D eigenvalue weighted by molar-refractivity contribution is 5.77. The molecule has 3 N–H and O–H groups in total. The zero-order valence-electron chi connectivity index (χ0n) is 13.4. The van der Waals surface area contributed by atoms with Crippen molar-refractivity contribution in [3.05, 3.63) is 90.0 Å². The lowest BCUT2D eigenvalue weighted by molar-refractivity contribution is -0.139. The zero-order valence-corrected chi connectivity index (χ0v) is 13.4. The van der Waals surface area contributed by atoms with E-state index in [4.69, 9.17) is 5.73 Å². The molecule has 0 spiro atoms. The Bertz CT molecular complexity index is 765. The van der Waals surface area contributed by atoms with Gasteiger partial charge in [0.1, 0.15) is 6.04 Å². The van der Waals surface area contributed by atoms with E-state index in [1.54, 1.807) is 0 Å². The van der Waals surface area contributed by atoms with Crippen molar-refractivity contribution in [1.82, 2.24) is 0 Å². The lowest BCUT2D eigenvalue weighted by Crippen LogP contribution is -2.39. The molecule has 0 aromatic heterocycles. The number of carboxylic acid groups (broad SMARTS) is 1. The van der Waals surface area contributed by atoms with Gasteiger partial charge in [0.2, 0.25) is 0 Å². The molecule has 0 fully saturated rings. The van der Waals surface area contributed by atoms with Crippen LogP contribution in [0.2, 0.25) is 0 Å². The molecule has 2 aromatic rings. The highest BCUT2D eigenvalue weighted by Gasteiger charge is 2.34. The molecular formula is C21H21NO2. The molecule has 1 aliphatic carbocycles. The lowest BCUT2D eigenvalue weighted by Gasteiger charge is -2.34.